The number of hydrogen-bond donors (Lipinski definition) is 9. The number of nitrogens with one attached hydrogen (secondary N) is 7. The Morgan fingerprint density at radius 2 is 0.860 bits per heavy atom. The average molecular weight is 1840 g/mol. The summed E-state index contributed by atoms with van der Waals surface area (Å²) in [5, 5.41) is 83.5. The van der Waals surface area contributed by atoms with E-state index in [2.05, 4.69) is 146 Å². The van der Waals surface area contributed by atoms with Crippen molar-refractivity contribution in [2.75, 3.05) is 105 Å². The Morgan fingerprint density at radius 3 is 1.26 bits per heavy atom. The molecule has 0 unspecified atom stereocenters. The number of urea groups is 2. The number of aromatic nitrogens is 21. The van der Waals surface area contributed by atoms with Gasteiger partial charge in [-0.15, -0.1) is 30.6 Å². The van der Waals surface area contributed by atoms with Gasteiger partial charge in [0.15, 0.2) is 79.6 Å². The van der Waals surface area contributed by atoms with Gasteiger partial charge in [0.05, 0.1) is 107 Å². The average Bonchev–Trinajstić information content (AvgIpc) is 1.79. The van der Waals surface area contributed by atoms with Crippen LogP contribution in [-0.2, 0) is 28.0 Å². The lowest BCUT2D eigenvalue weighted by atomic mass is 9.85. The highest BCUT2D eigenvalue weighted by Gasteiger charge is 2.38. The maximum Gasteiger partial charge on any atom is 0.323 e. The van der Waals surface area contributed by atoms with Gasteiger partial charge in [0.2, 0.25) is 11.5 Å². The minimum Gasteiger partial charge on any atom is -0.494 e. The van der Waals surface area contributed by atoms with Crippen molar-refractivity contribution in [3.8, 4) is 85.7 Å². The number of nitro groups is 2. The smallest absolute Gasteiger partial charge is 0.323 e. The van der Waals surface area contributed by atoms with Crippen LogP contribution in [0.5, 0.6) is 28.7 Å². The predicted octanol–water partition coefficient (Wildman–Crippen LogP) is 9.71. The number of carbonyl (C=O) groups excluding carboxylic acids is 5. The third-order valence-electron chi connectivity index (χ3n) is 17.6. The molecule has 129 heavy (non-hydrogen) atoms. The molecule has 13 aromatic rings. The summed E-state index contributed by atoms with van der Waals surface area (Å²) >= 11 is 17.1. The molecule has 11 N–H and O–H groups in total. The van der Waals surface area contributed by atoms with Crippen LogP contribution in [0, 0.1) is 31.1 Å². The maximum absolute atomic E-state index is 12.5. The minimum atomic E-state index is -2.46. The van der Waals surface area contributed by atoms with Crippen molar-refractivity contribution in [2.45, 2.75) is 27.7 Å². The monoisotopic (exact) mass is 1840 g/mol. The van der Waals surface area contributed by atoms with Gasteiger partial charge in [-0.3, -0.25) is 63.8 Å². The number of anilines is 6. The second-order valence-corrected chi connectivity index (χ2v) is 29.3. The SMILES string of the molecule is CC1(C)CN(C(N)=O)C1.CNC(=O)c1nnc(Cl)cc1Cl.CNC(=O)c1nnc(NC(=O)N2CC(C)(C)C2)cc1Nc1cccc(-c2ncn(C)n2)c1OC.COc1c(-c2ncn[nH]2)cccc1[N+](=O)[O-].[2H]C([2H])([2H])n1cnc(-c2cccc(N)c2OC)n1.[2H]C([2H])([2H])n1cnc(-c2cccc(Nc3cc(Cl)nnc3C(=O)NC)c2OC)n1.[2H]C([2H])([2H])n1cnc(-c2cccc([N+](=O)[O-])c2OC)n1. The largest absolute Gasteiger partial charge is 0.494 e. The Kier molecular flexibility index (Phi) is 28.7. The van der Waals surface area contributed by atoms with Crippen molar-refractivity contribution < 1.29 is 69.8 Å². The lowest BCUT2D eigenvalue weighted by molar-refractivity contribution is -0.385. The summed E-state index contributed by atoms with van der Waals surface area (Å²) in [6.07, 6.45) is 6.25. The third-order valence-corrected chi connectivity index (χ3v) is 18.3. The first-order chi connectivity index (χ1) is 65.1. The number of benzene rings is 5. The van der Waals surface area contributed by atoms with Crippen molar-refractivity contribution in [3.63, 3.8) is 0 Å². The van der Waals surface area contributed by atoms with Gasteiger partial charge in [-0.25, -0.2) is 34.5 Å². The molecule has 10 heterocycles. The number of methoxy groups -OCH3 is 5. The number of para-hydroxylation sites is 5. The second kappa shape index (κ2) is 44.1. The van der Waals surface area contributed by atoms with Crippen LogP contribution in [-0.4, -0.2) is 237 Å². The molecule has 47 nitrogen and oxygen atoms in total. The van der Waals surface area contributed by atoms with Crippen LogP contribution in [0.4, 0.5) is 55.2 Å². The number of H-pyrrole nitrogens is 1. The maximum atomic E-state index is 12.5. The topological polar surface area (TPSA) is 590 Å². The predicted molar refractivity (Wildman–Crippen MR) is 475 cm³/mol. The number of halogens is 3. The molecule has 2 saturated heterocycles. The van der Waals surface area contributed by atoms with Crippen LogP contribution >= 0.6 is 34.8 Å². The van der Waals surface area contributed by atoms with Crippen molar-refractivity contribution in [2.24, 2.45) is 44.5 Å². The molecule has 676 valence electrons. The fourth-order valence-electron chi connectivity index (χ4n) is 12.1. The van der Waals surface area contributed by atoms with Gasteiger partial charge in [-0.1, -0.05) is 92.8 Å². The summed E-state index contributed by atoms with van der Waals surface area (Å²) in [4.78, 5) is 102. The number of aryl methyl sites for hydroxylation is 4. The number of amides is 7. The van der Waals surface area contributed by atoms with E-state index in [-0.39, 0.29) is 108 Å². The Balaban J connectivity index is 0.000000187. The zero-order valence-corrected chi connectivity index (χ0v) is 73.1. The molecule has 8 aromatic heterocycles. The standard InChI is InChI=1S/C22H27N9O3.C16H16ClN7O2.C10H10N4O3.C10H12N4O.C9H8N4O3.C6H5Cl2N3O.C6H12N2O/c1-22(2)10-31(11-22)21(33)26-16-9-15(17(28-27-16)20(32)23-3)25-14-8-6-7-13(18(14)34-5)19-24-12-30(4)29-19;1-18-16(25)13-11(7-12(17)21-22-13)20-10-6-4-5-9(14(10)26-3)15-19-8-24(2)23-15;1-13-6-11-10(12-13)7-4-3-5-8(14(15)16)9(7)17-2;1-14-6-12-10(13-14)7-4-3-5-8(11)9(7)15-2;1-16-8-6(9-10-5-11-12-9)3-2-4-7(8)13(14)15;1-9-6(12)5-3(7)2-4(8)10-11-5;1-6(2)3-8(4-6)5(7)9/h6-9,12H,10-11H2,1-5H3,(H,23,32)(H2,25,26,27,33);4-8H,1-3H3,(H,18,25)(H,20,21);3-6H,1-2H3;3-6H,11H2,1-2H3;2-5H,1H3,(H,10,11,12);2H,1H3,(H,9,12);3-4H2,1-2H3,(H2,7,9)/i;2D3;2*1D3;;;. The molecule has 15 rings (SSSR count). The molecule has 2 aliphatic rings. The van der Waals surface area contributed by atoms with Gasteiger partial charge in [-0.05, 0) is 54.6 Å². The lowest BCUT2D eigenvalue weighted by Gasteiger charge is -2.45. The van der Waals surface area contributed by atoms with E-state index in [1.807, 2.05) is 12.1 Å². The van der Waals surface area contributed by atoms with Crippen LogP contribution in [0.2, 0.25) is 15.3 Å². The van der Waals surface area contributed by atoms with Crippen LogP contribution in [0.15, 0.2) is 141 Å². The molecular formula is C79H90Cl3N33O14. The van der Waals surface area contributed by atoms with E-state index in [4.69, 9.17) is 82.3 Å². The molecule has 2 aliphatic heterocycles. The van der Waals surface area contributed by atoms with Crippen molar-refractivity contribution in [3.05, 3.63) is 193 Å². The Labute approximate surface area is 763 Å². The number of ether oxygens (including phenoxy) is 5. The number of nitro benzene ring substituents is 2. The summed E-state index contributed by atoms with van der Waals surface area (Å²) in [7, 11) is 13.4. The minimum absolute atomic E-state index is 0.0132. The number of nitrogen functional groups attached to an aromatic ring is 1. The van der Waals surface area contributed by atoms with Crippen LogP contribution in [0.25, 0.3) is 56.9 Å². The number of primary amides is 1. The van der Waals surface area contributed by atoms with E-state index < -0.39 is 42.6 Å². The zero-order chi connectivity index (χ0) is 102. The summed E-state index contributed by atoms with van der Waals surface area (Å²) in [6, 6.07) is 28.3. The molecule has 0 spiro atoms. The fourth-order valence-corrected chi connectivity index (χ4v) is 12.6. The summed E-state index contributed by atoms with van der Waals surface area (Å²) < 4.78 is 95.9. The first kappa shape index (κ1) is 83.9. The zero-order valence-electron chi connectivity index (χ0n) is 79.8. The van der Waals surface area contributed by atoms with Gasteiger partial charge in [0, 0.05) is 123 Å². The molecular weight excluding hydrogens is 1740 g/mol. The van der Waals surface area contributed by atoms with Crippen LogP contribution < -0.4 is 67.1 Å². The molecule has 50 heteroatoms. The molecule has 7 amide bonds. The highest BCUT2D eigenvalue weighted by atomic mass is 35.5. The van der Waals surface area contributed by atoms with Crippen molar-refractivity contribution >= 4 is 110 Å². The Morgan fingerprint density at radius 1 is 0.481 bits per heavy atom. The second-order valence-electron chi connectivity index (χ2n) is 28.1. The highest BCUT2D eigenvalue weighted by molar-refractivity contribution is 6.35. The van der Waals surface area contributed by atoms with E-state index in [0.29, 0.717) is 103 Å². The Hall–Kier alpha value is -15.9. The molecule has 0 radical (unpaired) electrons. The number of hydrogen-bond acceptors (Lipinski definition) is 33. The van der Waals surface area contributed by atoms with E-state index in [9.17, 15) is 44.2 Å². The number of nitrogens with zero attached hydrogens (tertiary/aromatic N) is 24. The fraction of sp³-hybridized carbons (Fsp3) is 0.278. The summed E-state index contributed by atoms with van der Waals surface area (Å²) in [6.45, 7) is 4.09. The van der Waals surface area contributed by atoms with E-state index >= 15 is 0 Å². The Bertz CT molecular complexity index is 6510. The number of aromatic amines is 1. The van der Waals surface area contributed by atoms with Gasteiger partial charge < -0.3 is 71.5 Å². The number of rotatable bonds is 20. The van der Waals surface area contributed by atoms with Gasteiger partial charge in [0.25, 0.3) is 17.7 Å². The normalized spacial score (nSPS) is 13.5. The highest BCUT2D eigenvalue weighted by Crippen LogP contribution is 2.42. The molecule has 0 saturated carbocycles. The molecule has 0 aliphatic carbocycles. The molecule has 0 bridgehead atoms. The lowest BCUT2D eigenvalue weighted by Crippen LogP contribution is -2.57. The summed E-state index contributed by atoms with van der Waals surface area (Å²) in [5.74, 6) is 1.75. The summed E-state index contributed by atoms with van der Waals surface area (Å²) in [5.41, 5.74) is 15.6. The third kappa shape index (κ3) is 25.2. The van der Waals surface area contributed by atoms with Crippen LogP contribution in [0.1, 0.15) is 71.5 Å². The first-order valence-electron chi connectivity index (χ1n) is 41.9. The van der Waals surface area contributed by atoms with Crippen LogP contribution in [0.3, 0.4) is 0 Å². The molecule has 0 atom stereocenters. The number of carbonyl (C=O) groups is 5. The molecule has 2 fully saturated rings. The van der Waals surface area contributed by atoms with Crippen molar-refractivity contribution in [1.29, 1.82) is 0 Å². The van der Waals surface area contributed by atoms with Gasteiger partial charge >= 0.3 is 23.4 Å². The number of likely N-dealkylation sites (tertiary alicyclic amines) is 2. The quantitative estimate of drug-likeness (QED) is 0.0195. The van der Waals surface area contributed by atoms with Gasteiger partial charge in [0.1, 0.15) is 31.6 Å². The van der Waals surface area contributed by atoms with E-state index in [1.54, 1.807) is 88.5 Å². The van der Waals surface area contributed by atoms with Crippen molar-refractivity contribution in [1.82, 2.24) is 131 Å². The molecule has 5 aromatic carbocycles. The number of nitrogens with two attached hydrogens (primary N) is 2. The van der Waals surface area contributed by atoms with E-state index in [1.165, 1.54) is 99.4 Å². The van der Waals surface area contributed by atoms with E-state index in [0.717, 1.165) is 41.4 Å². The first-order valence-corrected chi connectivity index (χ1v) is 38.5. The van der Waals surface area contributed by atoms with Gasteiger partial charge in [-0.2, -0.15) is 25.5 Å².